The zero-order valence-electron chi connectivity index (χ0n) is 14.4. The summed E-state index contributed by atoms with van der Waals surface area (Å²) in [5.74, 6) is 0.723. The number of aryl methyl sites for hydroxylation is 2. The van der Waals surface area contributed by atoms with Gasteiger partial charge in [-0.1, -0.05) is 18.2 Å². The summed E-state index contributed by atoms with van der Waals surface area (Å²) >= 11 is 0. The van der Waals surface area contributed by atoms with Gasteiger partial charge in [0.1, 0.15) is 18.5 Å². The van der Waals surface area contributed by atoms with Gasteiger partial charge in [0.25, 0.3) is 0 Å². The van der Waals surface area contributed by atoms with Gasteiger partial charge in [0.15, 0.2) is 0 Å². The Morgan fingerprint density at radius 1 is 1.38 bits per heavy atom. The fourth-order valence-electron chi connectivity index (χ4n) is 2.76. The van der Waals surface area contributed by atoms with Crippen LogP contribution in [0.3, 0.4) is 0 Å². The SMILES string of the molecule is Cc1cccc(C)c1OCC(O)CNC(=O)CCN1CCCC1=O. The van der Waals surface area contributed by atoms with Gasteiger partial charge in [-0.25, -0.2) is 0 Å². The summed E-state index contributed by atoms with van der Waals surface area (Å²) < 4.78 is 5.66. The minimum atomic E-state index is -0.777. The number of aliphatic hydroxyl groups excluding tert-OH is 1. The van der Waals surface area contributed by atoms with Gasteiger partial charge in [-0.05, 0) is 31.4 Å². The fourth-order valence-corrected chi connectivity index (χ4v) is 2.76. The first-order valence-corrected chi connectivity index (χ1v) is 8.39. The number of rotatable bonds is 8. The average molecular weight is 334 g/mol. The molecule has 1 heterocycles. The monoisotopic (exact) mass is 334 g/mol. The van der Waals surface area contributed by atoms with Gasteiger partial charge in [-0.3, -0.25) is 9.59 Å². The Morgan fingerprint density at radius 2 is 2.08 bits per heavy atom. The van der Waals surface area contributed by atoms with Crippen LogP contribution in [-0.4, -0.2) is 54.2 Å². The van der Waals surface area contributed by atoms with Crippen molar-refractivity contribution in [2.75, 3.05) is 26.2 Å². The van der Waals surface area contributed by atoms with E-state index in [0.717, 1.165) is 29.8 Å². The van der Waals surface area contributed by atoms with E-state index in [9.17, 15) is 14.7 Å². The lowest BCUT2D eigenvalue weighted by Gasteiger charge is -2.17. The summed E-state index contributed by atoms with van der Waals surface area (Å²) in [6.07, 6.45) is 0.933. The Labute approximate surface area is 142 Å². The summed E-state index contributed by atoms with van der Waals surface area (Å²) in [7, 11) is 0. The van der Waals surface area contributed by atoms with Crippen LogP contribution in [0.5, 0.6) is 5.75 Å². The van der Waals surface area contributed by atoms with Crippen molar-refractivity contribution in [2.45, 2.75) is 39.2 Å². The first-order valence-electron chi connectivity index (χ1n) is 8.39. The molecule has 1 aliphatic heterocycles. The molecule has 1 fully saturated rings. The lowest BCUT2D eigenvalue weighted by molar-refractivity contribution is -0.128. The van der Waals surface area contributed by atoms with Crippen molar-refractivity contribution in [1.82, 2.24) is 10.2 Å². The van der Waals surface area contributed by atoms with Gasteiger partial charge >= 0.3 is 0 Å². The smallest absolute Gasteiger partial charge is 0.222 e. The van der Waals surface area contributed by atoms with E-state index in [1.807, 2.05) is 32.0 Å². The molecule has 24 heavy (non-hydrogen) atoms. The van der Waals surface area contributed by atoms with E-state index < -0.39 is 6.10 Å². The van der Waals surface area contributed by atoms with Gasteiger partial charge < -0.3 is 20.1 Å². The minimum Gasteiger partial charge on any atom is -0.490 e. The summed E-state index contributed by atoms with van der Waals surface area (Å²) in [6, 6.07) is 5.87. The second-order valence-corrected chi connectivity index (χ2v) is 6.22. The van der Waals surface area contributed by atoms with Gasteiger partial charge in [0, 0.05) is 32.5 Å². The predicted molar refractivity (Wildman–Crippen MR) is 90.9 cm³/mol. The number of hydrogen-bond donors (Lipinski definition) is 2. The number of ether oxygens (including phenoxy) is 1. The van der Waals surface area contributed by atoms with E-state index in [2.05, 4.69) is 5.32 Å². The molecule has 6 heteroatoms. The fraction of sp³-hybridized carbons (Fsp3) is 0.556. The number of hydrogen-bond acceptors (Lipinski definition) is 4. The van der Waals surface area contributed by atoms with Crippen molar-refractivity contribution >= 4 is 11.8 Å². The van der Waals surface area contributed by atoms with Gasteiger partial charge in [-0.15, -0.1) is 0 Å². The highest BCUT2D eigenvalue weighted by molar-refractivity contribution is 5.80. The highest BCUT2D eigenvalue weighted by Gasteiger charge is 2.20. The van der Waals surface area contributed by atoms with Crippen LogP contribution in [-0.2, 0) is 9.59 Å². The predicted octanol–water partition coefficient (Wildman–Crippen LogP) is 1.17. The van der Waals surface area contributed by atoms with Crippen molar-refractivity contribution in [3.63, 3.8) is 0 Å². The van der Waals surface area contributed by atoms with E-state index in [4.69, 9.17) is 4.74 Å². The molecule has 6 nitrogen and oxygen atoms in total. The van der Waals surface area contributed by atoms with Crippen molar-refractivity contribution in [3.8, 4) is 5.75 Å². The van der Waals surface area contributed by atoms with Crippen molar-refractivity contribution in [2.24, 2.45) is 0 Å². The van der Waals surface area contributed by atoms with Gasteiger partial charge in [0.05, 0.1) is 0 Å². The molecule has 1 aromatic carbocycles. The van der Waals surface area contributed by atoms with Gasteiger partial charge in [0.2, 0.25) is 11.8 Å². The Kier molecular flexibility index (Phi) is 6.61. The number of likely N-dealkylation sites (tertiary alicyclic amines) is 1. The molecule has 0 spiro atoms. The minimum absolute atomic E-state index is 0.116. The summed E-state index contributed by atoms with van der Waals surface area (Å²) in [4.78, 5) is 25.0. The molecular weight excluding hydrogens is 308 g/mol. The Bertz CT molecular complexity index is 568. The maximum atomic E-state index is 11.8. The topological polar surface area (TPSA) is 78.9 Å². The summed E-state index contributed by atoms with van der Waals surface area (Å²) in [5, 5.41) is 12.6. The molecule has 2 rings (SSSR count). The third-order valence-corrected chi connectivity index (χ3v) is 4.14. The molecule has 132 valence electrons. The average Bonchev–Trinajstić information content (AvgIpc) is 2.95. The molecule has 0 aromatic heterocycles. The third-order valence-electron chi connectivity index (χ3n) is 4.14. The second-order valence-electron chi connectivity index (χ2n) is 6.22. The van der Waals surface area contributed by atoms with Crippen LogP contribution < -0.4 is 10.1 Å². The van der Waals surface area contributed by atoms with E-state index in [1.165, 1.54) is 0 Å². The number of nitrogens with zero attached hydrogens (tertiary/aromatic N) is 1. The molecule has 2 amide bonds. The van der Waals surface area contributed by atoms with Crippen LogP contribution in [0.1, 0.15) is 30.4 Å². The van der Waals surface area contributed by atoms with Crippen LogP contribution in [0.15, 0.2) is 18.2 Å². The molecule has 1 aliphatic rings. The number of carbonyl (C=O) groups excluding carboxylic acids is 2. The van der Waals surface area contributed by atoms with E-state index in [-0.39, 0.29) is 31.4 Å². The molecule has 1 aromatic rings. The summed E-state index contributed by atoms with van der Waals surface area (Å²) in [5.41, 5.74) is 2.03. The number of aliphatic hydroxyl groups is 1. The van der Waals surface area contributed by atoms with E-state index >= 15 is 0 Å². The molecule has 1 unspecified atom stereocenters. The van der Waals surface area contributed by atoms with Crippen LogP contribution in [0.4, 0.5) is 0 Å². The highest BCUT2D eigenvalue weighted by atomic mass is 16.5. The Morgan fingerprint density at radius 3 is 2.71 bits per heavy atom. The highest BCUT2D eigenvalue weighted by Crippen LogP contribution is 2.22. The number of benzene rings is 1. The van der Waals surface area contributed by atoms with Crippen molar-refractivity contribution in [3.05, 3.63) is 29.3 Å². The molecule has 0 bridgehead atoms. The molecule has 1 atom stereocenters. The number of carbonyl (C=O) groups is 2. The quantitative estimate of drug-likeness (QED) is 0.748. The number of para-hydroxylation sites is 1. The lowest BCUT2D eigenvalue weighted by atomic mass is 10.1. The Hall–Kier alpha value is -2.08. The number of nitrogens with one attached hydrogen (secondary N) is 1. The van der Waals surface area contributed by atoms with Crippen molar-refractivity contribution in [1.29, 1.82) is 0 Å². The van der Waals surface area contributed by atoms with Crippen LogP contribution in [0, 0.1) is 13.8 Å². The molecule has 0 aliphatic carbocycles. The third kappa shape index (κ3) is 5.23. The molecule has 0 radical (unpaired) electrons. The molecule has 2 N–H and O–H groups in total. The van der Waals surface area contributed by atoms with E-state index in [1.54, 1.807) is 4.90 Å². The van der Waals surface area contributed by atoms with Crippen LogP contribution >= 0.6 is 0 Å². The van der Waals surface area contributed by atoms with Crippen LogP contribution in [0.2, 0.25) is 0 Å². The first-order chi connectivity index (χ1) is 11.5. The lowest BCUT2D eigenvalue weighted by Crippen LogP contribution is -2.37. The molecule has 1 saturated heterocycles. The first kappa shape index (κ1) is 18.3. The normalized spacial score (nSPS) is 15.5. The standard InChI is InChI=1S/C18H26N2O4/c1-13-5-3-6-14(2)18(13)24-12-15(21)11-19-16(22)8-10-20-9-4-7-17(20)23/h3,5-6,15,21H,4,7-12H2,1-2H3,(H,19,22). The number of amides is 2. The largest absolute Gasteiger partial charge is 0.490 e. The second kappa shape index (κ2) is 8.68. The summed E-state index contributed by atoms with van der Waals surface area (Å²) in [6.45, 7) is 5.35. The maximum Gasteiger partial charge on any atom is 0.222 e. The molecule has 0 saturated carbocycles. The Balaban J connectivity index is 1.66. The zero-order valence-corrected chi connectivity index (χ0v) is 14.4. The molecular formula is C18H26N2O4. The van der Waals surface area contributed by atoms with E-state index in [0.29, 0.717) is 13.0 Å². The zero-order chi connectivity index (χ0) is 17.5. The van der Waals surface area contributed by atoms with Gasteiger partial charge in [-0.2, -0.15) is 0 Å². The van der Waals surface area contributed by atoms with Crippen LogP contribution in [0.25, 0.3) is 0 Å². The van der Waals surface area contributed by atoms with Crippen molar-refractivity contribution < 1.29 is 19.4 Å². The maximum absolute atomic E-state index is 11.8.